The van der Waals surface area contributed by atoms with Gasteiger partial charge in [0.25, 0.3) is 0 Å². The van der Waals surface area contributed by atoms with Crippen molar-refractivity contribution >= 4 is 5.97 Å². The maximum absolute atomic E-state index is 11.6. The molecule has 6 fully saturated rings. The Balaban J connectivity index is 0.909. The number of hydrogen-bond acceptors (Lipinski definition) is 12. The molecule has 0 bridgehead atoms. The molecule has 7 aliphatic rings. The van der Waals surface area contributed by atoms with Gasteiger partial charge in [-0.1, -0.05) is 45.1 Å². The second-order valence-electron chi connectivity index (χ2n) is 18.9. The quantitative estimate of drug-likeness (QED) is 0.185. The number of carboxylic acid groups (broad SMARTS) is 1. The molecule has 5 N–H and O–H groups in total. The third-order valence-electron chi connectivity index (χ3n) is 14.2. The van der Waals surface area contributed by atoms with Crippen molar-refractivity contribution in [3.8, 4) is 0 Å². The normalized spacial score (nSPS) is 45.4. The Bertz CT molecular complexity index is 1510. The average molecular weight is 805 g/mol. The Labute approximate surface area is 337 Å². The van der Waals surface area contributed by atoms with Gasteiger partial charge in [0.2, 0.25) is 5.79 Å². The minimum absolute atomic E-state index is 0.0833. The van der Waals surface area contributed by atoms with Crippen LogP contribution >= 0.6 is 0 Å². The average Bonchev–Trinajstić information content (AvgIpc) is 3.55. The molecule has 1 unspecified atom stereocenters. The summed E-state index contributed by atoms with van der Waals surface area (Å²) in [5, 5.41) is 54.0. The zero-order chi connectivity index (χ0) is 40.9. The van der Waals surface area contributed by atoms with Gasteiger partial charge in [0.15, 0.2) is 17.2 Å². The minimum Gasteiger partial charge on any atom is -0.479 e. The number of carboxylic acids is 1. The molecule has 17 atom stereocenters. The fraction of sp³-hybridized carbons (Fsp3) is 0.841. The first-order valence-corrected chi connectivity index (χ1v) is 21.6. The number of hydrogen-bond donors (Lipinski definition) is 5. The SMILES string of the molecule is C=C1[C@@H](O)[C@@H]2OC3(CC[C@H](/C=C/[C@@H](C)[C@@H]4CC(C)=C[C@@]5(O[C@H](C[C@@](C)(O)C(=O)O)CC[C@H]5O)O4)O3)CC[C@H]2O[C@@H]1[C@@H](O)C[C@H](C)[C@H]1CO[C@@]2(CCCCO2)C[C@H]1C. The number of carbonyl (C=O) groups is 1. The highest BCUT2D eigenvalue weighted by Crippen LogP contribution is 2.47. The fourth-order valence-corrected chi connectivity index (χ4v) is 10.7. The van der Waals surface area contributed by atoms with E-state index in [2.05, 4.69) is 26.5 Å². The first-order valence-electron chi connectivity index (χ1n) is 21.6. The van der Waals surface area contributed by atoms with Crippen molar-refractivity contribution < 1.29 is 63.5 Å². The number of rotatable bonds is 10. The van der Waals surface area contributed by atoms with Crippen molar-refractivity contribution in [3.05, 3.63) is 36.0 Å². The van der Waals surface area contributed by atoms with Crippen molar-refractivity contribution in [3.63, 3.8) is 0 Å². The van der Waals surface area contributed by atoms with E-state index in [-0.39, 0.29) is 36.4 Å². The van der Waals surface area contributed by atoms with Crippen LogP contribution in [0.1, 0.15) is 118 Å². The van der Waals surface area contributed by atoms with Crippen LogP contribution < -0.4 is 0 Å². The molecule has 322 valence electrons. The predicted octanol–water partition coefficient (Wildman–Crippen LogP) is 5.07. The zero-order valence-electron chi connectivity index (χ0n) is 34.6. The molecule has 0 amide bonds. The van der Waals surface area contributed by atoms with Crippen LogP contribution in [0.3, 0.4) is 0 Å². The highest BCUT2D eigenvalue weighted by molar-refractivity contribution is 5.76. The molecule has 57 heavy (non-hydrogen) atoms. The number of fused-ring (bicyclic) bond motifs is 1. The largest absolute Gasteiger partial charge is 0.479 e. The van der Waals surface area contributed by atoms with E-state index in [0.717, 1.165) is 44.3 Å². The molecule has 0 radical (unpaired) electrons. The van der Waals surface area contributed by atoms with Gasteiger partial charge in [-0.15, -0.1) is 0 Å². The molecule has 7 heterocycles. The van der Waals surface area contributed by atoms with Crippen LogP contribution in [0.25, 0.3) is 0 Å². The van der Waals surface area contributed by atoms with Crippen LogP contribution in [0, 0.1) is 23.7 Å². The standard InChI is InChI=1S/C44H68O13/c1-25-19-35(56-44(21-25)36(46)12-11-31(55-44)23-41(6,50)40(48)49)26(2)9-10-30-13-16-42(54-30)17-14-34-39(57-42)37(47)29(5)38(53-34)33(45)20-27(3)32-24-52-43(22-28(32)4)15-7-8-18-51-43/h9-10,21,26-28,30-39,45-47,50H,5,7-8,11-20,22-24H2,1-4,6H3,(H,48,49)/b10-9+/t26-,27+,28-,30+,31+,32-,33+,34-,35+,36-,37-,38+,39-,41-,42?,43+,44-/m1/s1. The molecule has 3 spiro atoms. The Morgan fingerprint density at radius 1 is 1.04 bits per heavy atom. The minimum atomic E-state index is -1.96. The van der Waals surface area contributed by atoms with Crippen LogP contribution in [-0.2, 0) is 38.0 Å². The van der Waals surface area contributed by atoms with E-state index < -0.39 is 71.7 Å². The van der Waals surface area contributed by atoms with Gasteiger partial charge in [0.05, 0.1) is 43.7 Å². The van der Waals surface area contributed by atoms with Gasteiger partial charge in [-0.2, -0.15) is 0 Å². The molecular weight excluding hydrogens is 736 g/mol. The molecule has 13 nitrogen and oxygen atoms in total. The number of aliphatic hydroxyl groups excluding tert-OH is 3. The summed E-state index contributed by atoms with van der Waals surface area (Å²) in [4.78, 5) is 11.6. The zero-order valence-corrected chi connectivity index (χ0v) is 34.6. The topological polar surface area (TPSA) is 183 Å². The second kappa shape index (κ2) is 17.0. The van der Waals surface area contributed by atoms with Crippen molar-refractivity contribution in [2.45, 2.75) is 196 Å². The van der Waals surface area contributed by atoms with Crippen LogP contribution in [0.15, 0.2) is 36.0 Å². The predicted molar refractivity (Wildman–Crippen MR) is 208 cm³/mol. The van der Waals surface area contributed by atoms with E-state index in [4.69, 9.17) is 33.2 Å². The van der Waals surface area contributed by atoms with E-state index in [1.54, 1.807) is 6.08 Å². The molecule has 0 saturated carbocycles. The van der Waals surface area contributed by atoms with E-state index in [1.165, 1.54) is 6.92 Å². The summed E-state index contributed by atoms with van der Waals surface area (Å²) in [6, 6.07) is 0. The second-order valence-corrected chi connectivity index (χ2v) is 18.9. The third kappa shape index (κ3) is 9.15. The maximum atomic E-state index is 11.6. The van der Waals surface area contributed by atoms with E-state index >= 15 is 0 Å². The summed E-state index contributed by atoms with van der Waals surface area (Å²) in [6.07, 6.45) is 8.59. The summed E-state index contributed by atoms with van der Waals surface area (Å²) < 4.78 is 44.8. The monoisotopic (exact) mass is 804 g/mol. The molecule has 0 aromatic heterocycles. The van der Waals surface area contributed by atoms with Gasteiger partial charge >= 0.3 is 5.97 Å². The highest BCUT2D eigenvalue weighted by atomic mass is 16.7. The van der Waals surface area contributed by atoms with Crippen LogP contribution in [-0.4, -0.2) is 123 Å². The molecule has 6 saturated heterocycles. The summed E-state index contributed by atoms with van der Waals surface area (Å²) in [7, 11) is 0. The molecule has 0 aromatic carbocycles. The Hall–Kier alpha value is -1.75. The van der Waals surface area contributed by atoms with Crippen LogP contribution in [0.5, 0.6) is 0 Å². The lowest BCUT2D eigenvalue weighted by Crippen LogP contribution is -2.60. The van der Waals surface area contributed by atoms with E-state index in [0.29, 0.717) is 63.0 Å². The van der Waals surface area contributed by atoms with Gasteiger partial charge in [-0.25, -0.2) is 4.79 Å². The lowest BCUT2D eigenvalue weighted by molar-refractivity contribution is -0.320. The van der Waals surface area contributed by atoms with E-state index in [1.807, 2.05) is 19.9 Å². The highest BCUT2D eigenvalue weighted by Gasteiger charge is 2.55. The molecule has 0 aromatic rings. The molecule has 0 aliphatic carbocycles. The van der Waals surface area contributed by atoms with Crippen molar-refractivity contribution in [1.82, 2.24) is 0 Å². The lowest BCUT2D eigenvalue weighted by Gasteiger charge is -2.50. The van der Waals surface area contributed by atoms with Crippen molar-refractivity contribution in [2.24, 2.45) is 23.7 Å². The first kappa shape index (κ1) is 43.3. The summed E-state index contributed by atoms with van der Waals surface area (Å²) in [6.45, 7) is 15.2. The fourth-order valence-electron chi connectivity index (χ4n) is 10.7. The summed E-state index contributed by atoms with van der Waals surface area (Å²) >= 11 is 0. The Morgan fingerprint density at radius 3 is 2.53 bits per heavy atom. The van der Waals surface area contributed by atoms with Gasteiger partial charge in [0, 0.05) is 38.0 Å². The lowest BCUT2D eigenvalue weighted by atomic mass is 9.74. The number of aliphatic hydroxyl groups is 4. The van der Waals surface area contributed by atoms with Gasteiger partial charge in [-0.3, -0.25) is 0 Å². The first-order chi connectivity index (χ1) is 26.9. The van der Waals surface area contributed by atoms with Gasteiger partial charge < -0.3 is 58.7 Å². The van der Waals surface area contributed by atoms with Crippen LogP contribution in [0.2, 0.25) is 0 Å². The smallest absolute Gasteiger partial charge is 0.335 e. The van der Waals surface area contributed by atoms with Crippen LogP contribution in [0.4, 0.5) is 0 Å². The molecule has 13 heteroatoms. The van der Waals surface area contributed by atoms with Gasteiger partial charge in [-0.05, 0) is 94.6 Å². The summed E-state index contributed by atoms with van der Waals surface area (Å²) in [5.41, 5.74) is -0.538. The Kier molecular flexibility index (Phi) is 12.9. The maximum Gasteiger partial charge on any atom is 0.335 e. The molecule has 7 rings (SSSR count). The molecule has 7 aliphatic heterocycles. The van der Waals surface area contributed by atoms with Gasteiger partial charge in [0.1, 0.15) is 24.4 Å². The van der Waals surface area contributed by atoms with Crippen molar-refractivity contribution in [1.29, 1.82) is 0 Å². The van der Waals surface area contributed by atoms with Crippen molar-refractivity contribution in [2.75, 3.05) is 13.2 Å². The number of aliphatic carboxylic acids is 1. The number of ether oxygens (including phenoxy) is 7. The Morgan fingerprint density at radius 2 is 1.81 bits per heavy atom. The molecular formula is C44H68O13. The third-order valence-corrected chi connectivity index (χ3v) is 14.2. The van der Waals surface area contributed by atoms with E-state index in [9.17, 15) is 30.3 Å². The summed E-state index contributed by atoms with van der Waals surface area (Å²) in [5.74, 6) is -3.30.